The fourth-order valence-electron chi connectivity index (χ4n) is 1.60. The molecule has 0 aliphatic rings. The average molecular weight is 302 g/mol. The number of hydrogen-bond donors (Lipinski definition) is 1. The SMILES string of the molecule is C=CCN(C)S(=O)(=O)c1cc(C)c(CNCCC)s1. The fraction of sp³-hybridized carbons (Fsp3) is 0.538. The second kappa shape index (κ2) is 7.19. The predicted molar refractivity (Wildman–Crippen MR) is 81.1 cm³/mol. The van der Waals surface area contributed by atoms with Crippen molar-refractivity contribution in [1.29, 1.82) is 0 Å². The number of thiophene rings is 1. The Morgan fingerprint density at radius 3 is 2.79 bits per heavy atom. The largest absolute Gasteiger partial charge is 0.312 e. The second-order valence-electron chi connectivity index (χ2n) is 4.42. The molecule has 0 spiro atoms. The molecule has 1 aromatic heterocycles. The zero-order valence-electron chi connectivity index (χ0n) is 11.8. The molecule has 0 unspecified atom stereocenters. The number of hydrogen-bond acceptors (Lipinski definition) is 4. The molecule has 0 saturated carbocycles. The van der Waals surface area contributed by atoms with Crippen LogP contribution in [-0.2, 0) is 16.6 Å². The quantitative estimate of drug-likeness (QED) is 0.592. The van der Waals surface area contributed by atoms with Gasteiger partial charge in [0.15, 0.2) is 0 Å². The van der Waals surface area contributed by atoms with Gasteiger partial charge in [0.25, 0.3) is 10.0 Å². The molecular weight excluding hydrogens is 280 g/mol. The first kappa shape index (κ1) is 16.4. The molecule has 1 rings (SSSR count). The zero-order chi connectivity index (χ0) is 14.5. The highest BCUT2D eigenvalue weighted by atomic mass is 32.2. The van der Waals surface area contributed by atoms with Gasteiger partial charge in [0.2, 0.25) is 0 Å². The van der Waals surface area contributed by atoms with E-state index in [0.717, 1.165) is 30.0 Å². The smallest absolute Gasteiger partial charge is 0.252 e. The van der Waals surface area contributed by atoms with Gasteiger partial charge in [0.05, 0.1) is 0 Å². The molecule has 0 aliphatic heterocycles. The molecule has 0 saturated heterocycles. The highest BCUT2D eigenvalue weighted by Gasteiger charge is 2.23. The van der Waals surface area contributed by atoms with Crippen LogP contribution in [0.4, 0.5) is 0 Å². The Labute approximate surface area is 120 Å². The van der Waals surface area contributed by atoms with E-state index in [9.17, 15) is 8.42 Å². The van der Waals surface area contributed by atoms with Crippen molar-refractivity contribution in [2.45, 2.75) is 31.0 Å². The van der Waals surface area contributed by atoms with E-state index in [1.807, 2.05) is 6.92 Å². The van der Waals surface area contributed by atoms with Crippen molar-refractivity contribution in [3.05, 3.63) is 29.2 Å². The maximum atomic E-state index is 12.3. The molecule has 0 aliphatic carbocycles. The number of aryl methyl sites for hydroxylation is 1. The molecule has 0 aromatic carbocycles. The standard InChI is InChI=1S/C13H22N2O2S2/c1-5-7-14-10-12-11(3)9-13(18-12)19(16,17)15(4)8-6-2/h6,9,14H,2,5,7-8,10H2,1,3-4H3. The first-order chi connectivity index (χ1) is 8.93. The second-order valence-corrected chi connectivity index (χ2v) is 7.83. The van der Waals surface area contributed by atoms with Gasteiger partial charge in [0.1, 0.15) is 4.21 Å². The van der Waals surface area contributed by atoms with Gasteiger partial charge in [-0.2, -0.15) is 4.31 Å². The maximum absolute atomic E-state index is 12.3. The van der Waals surface area contributed by atoms with E-state index < -0.39 is 10.0 Å². The number of nitrogens with one attached hydrogen (secondary N) is 1. The Morgan fingerprint density at radius 2 is 2.21 bits per heavy atom. The van der Waals surface area contributed by atoms with Crippen molar-refractivity contribution >= 4 is 21.4 Å². The summed E-state index contributed by atoms with van der Waals surface area (Å²) in [7, 11) is -1.81. The van der Waals surface area contributed by atoms with Crippen LogP contribution in [0.2, 0.25) is 0 Å². The molecule has 6 heteroatoms. The molecule has 19 heavy (non-hydrogen) atoms. The summed E-state index contributed by atoms with van der Waals surface area (Å²) in [5, 5.41) is 3.30. The summed E-state index contributed by atoms with van der Waals surface area (Å²) >= 11 is 1.34. The van der Waals surface area contributed by atoms with Gasteiger partial charge in [0, 0.05) is 25.0 Å². The van der Waals surface area contributed by atoms with Gasteiger partial charge in [-0.15, -0.1) is 17.9 Å². The Kier molecular flexibility index (Phi) is 6.19. The highest BCUT2D eigenvalue weighted by Crippen LogP contribution is 2.27. The molecule has 4 nitrogen and oxygen atoms in total. The third-order valence-electron chi connectivity index (χ3n) is 2.76. The number of sulfonamides is 1. The molecule has 0 amide bonds. The van der Waals surface area contributed by atoms with Crippen LogP contribution in [0.15, 0.2) is 22.9 Å². The Bertz CT molecular complexity index is 521. The average Bonchev–Trinajstić information content (AvgIpc) is 2.72. The molecule has 1 aromatic rings. The zero-order valence-corrected chi connectivity index (χ0v) is 13.4. The van der Waals surface area contributed by atoms with Crippen LogP contribution in [-0.4, -0.2) is 32.9 Å². The van der Waals surface area contributed by atoms with E-state index in [1.54, 1.807) is 19.2 Å². The van der Waals surface area contributed by atoms with Crippen LogP contribution in [0.25, 0.3) is 0 Å². The Hall–Kier alpha value is -0.690. The fourth-order valence-corrected chi connectivity index (χ4v) is 4.52. The van der Waals surface area contributed by atoms with Crippen LogP contribution in [0.1, 0.15) is 23.8 Å². The van der Waals surface area contributed by atoms with Gasteiger partial charge in [-0.25, -0.2) is 8.42 Å². The van der Waals surface area contributed by atoms with Crippen molar-refractivity contribution in [3.63, 3.8) is 0 Å². The van der Waals surface area contributed by atoms with E-state index in [4.69, 9.17) is 0 Å². The van der Waals surface area contributed by atoms with E-state index in [-0.39, 0.29) is 0 Å². The summed E-state index contributed by atoms with van der Waals surface area (Å²) in [5.41, 5.74) is 1.03. The monoisotopic (exact) mass is 302 g/mol. The predicted octanol–water partition coefficient (Wildman–Crippen LogP) is 2.36. The lowest BCUT2D eigenvalue weighted by molar-refractivity contribution is 0.501. The normalized spacial score (nSPS) is 12.0. The molecule has 108 valence electrons. The lowest BCUT2D eigenvalue weighted by Gasteiger charge is -2.13. The molecule has 1 N–H and O–H groups in total. The Morgan fingerprint density at radius 1 is 1.53 bits per heavy atom. The summed E-state index contributed by atoms with van der Waals surface area (Å²) < 4.78 is 26.3. The summed E-state index contributed by atoms with van der Waals surface area (Å²) in [6.45, 7) is 9.61. The molecule has 0 fully saturated rings. The van der Waals surface area contributed by atoms with E-state index >= 15 is 0 Å². The summed E-state index contributed by atoms with van der Waals surface area (Å²) in [5.74, 6) is 0. The molecular formula is C13H22N2O2S2. The van der Waals surface area contributed by atoms with Gasteiger partial charge >= 0.3 is 0 Å². The summed E-state index contributed by atoms with van der Waals surface area (Å²) in [4.78, 5) is 1.08. The van der Waals surface area contributed by atoms with Crippen molar-refractivity contribution in [2.75, 3.05) is 20.1 Å². The Balaban J connectivity index is 2.90. The van der Waals surface area contributed by atoms with Gasteiger partial charge in [-0.3, -0.25) is 0 Å². The highest BCUT2D eigenvalue weighted by molar-refractivity contribution is 7.91. The summed E-state index contributed by atoms with van der Waals surface area (Å²) in [6.07, 6.45) is 2.65. The number of rotatable bonds is 8. The van der Waals surface area contributed by atoms with Crippen LogP contribution in [0.5, 0.6) is 0 Å². The van der Waals surface area contributed by atoms with Crippen LogP contribution in [0, 0.1) is 6.92 Å². The van der Waals surface area contributed by atoms with Gasteiger partial charge in [-0.05, 0) is 31.5 Å². The third kappa shape index (κ3) is 4.14. The van der Waals surface area contributed by atoms with Gasteiger partial charge < -0.3 is 5.32 Å². The number of nitrogens with zero attached hydrogens (tertiary/aromatic N) is 1. The van der Waals surface area contributed by atoms with E-state index in [1.165, 1.54) is 15.6 Å². The van der Waals surface area contributed by atoms with Crippen molar-refractivity contribution < 1.29 is 8.42 Å². The van der Waals surface area contributed by atoms with Crippen LogP contribution >= 0.6 is 11.3 Å². The molecule has 0 bridgehead atoms. The minimum absolute atomic E-state index is 0.322. The lowest BCUT2D eigenvalue weighted by Crippen LogP contribution is -2.26. The van der Waals surface area contributed by atoms with Crippen molar-refractivity contribution in [2.24, 2.45) is 0 Å². The maximum Gasteiger partial charge on any atom is 0.252 e. The van der Waals surface area contributed by atoms with Crippen molar-refractivity contribution in [3.8, 4) is 0 Å². The van der Waals surface area contributed by atoms with Crippen molar-refractivity contribution in [1.82, 2.24) is 9.62 Å². The van der Waals surface area contributed by atoms with E-state index in [0.29, 0.717) is 10.8 Å². The van der Waals surface area contributed by atoms with Gasteiger partial charge in [-0.1, -0.05) is 13.0 Å². The van der Waals surface area contributed by atoms with Crippen LogP contribution in [0.3, 0.4) is 0 Å². The van der Waals surface area contributed by atoms with Crippen LogP contribution < -0.4 is 5.32 Å². The number of likely N-dealkylation sites (N-methyl/N-ethyl adjacent to an activating group) is 1. The summed E-state index contributed by atoms with van der Waals surface area (Å²) in [6, 6.07) is 1.75. The third-order valence-corrected chi connectivity index (χ3v) is 6.27. The lowest BCUT2D eigenvalue weighted by atomic mass is 10.3. The first-order valence-electron chi connectivity index (χ1n) is 6.30. The minimum Gasteiger partial charge on any atom is -0.312 e. The molecule has 0 atom stereocenters. The topological polar surface area (TPSA) is 49.4 Å². The first-order valence-corrected chi connectivity index (χ1v) is 8.56. The molecule has 0 radical (unpaired) electrons. The molecule has 1 heterocycles. The van der Waals surface area contributed by atoms with E-state index in [2.05, 4.69) is 18.8 Å². The minimum atomic E-state index is -3.38.